The van der Waals surface area contributed by atoms with Gasteiger partial charge in [-0.25, -0.2) is 0 Å². The molecule has 1 aliphatic heterocycles. The van der Waals surface area contributed by atoms with Crippen molar-refractivity contribution in [1.82, 2.24) is 9.96 Å². The Hall–Kier alpha value is -1.34. The average molecular weight is 338 g/mol. The van der Waals surface area contributed by atoms with Gasteiger partial charge >= 0.3 is 0 Å². The minimum absolute atomic E-state index is 0.233. The molecule has 0 aliphatic carbocycles. The first kappa shape index (κ1) is 19.0. The van der Waals surface area contributed by atoms with Crippen LogP contribution in [0.5, 0.6) is 11.5 Å². The van der Waals surface area contributed by atoms with Gasteiger partial charge in [0.2, 0.25) is 0 Å². The van der Waals surface area contributed by atoms with Crippen molar-refractivity contribution in [2.24, 2.45) is 0 Å². The molecule has 0 amide bonds. The lowest BCUT2D eigenvalue weighted by atomic mass is 10.2. The molecule has 0 bridgehead atoms. The van der Waals surface area contributed by atoms with Crippen LogP contribution in [-0.4, -0.2) is 67.7 Å². The van der Waals surface area contributed by atoms with E-state index in [0.29, 0.717) is 24.1 Å². The van der Waals surface area contributed by atoms with Crippen molar-refractivity contribution in [3.05, 3.63) is 23.8 Å². The summed E-state index contributed by atoms with van der Waals surface area (Å²) in [7, 11) is 3.61. The number of hydrogen-bond donors (Lipinski definition) is 1. The van der Waals surface area contributed by atoms with Crippen molar-refractivity contribution in [3.8, 4) is 11.5 Å². The lowest BCUT2D eigenvalue weighted by Crippen LogP contribution is -2.37. The van der Waals surface area contributed by atoms with Crippen LogP contribution in [0.3, 0.4) is 0 Å². The quantitative estimate of drug-likeness (QED) is 0.742. The summed E-state index contributed by atoms with van der Waals surface area (Å²) in [6, 6.07) is 6.25. The Labute approximate surface area is 144 Å². The van der Waals surface area contributed by atoms with E-state index in [9.17, 15) is 5.11 Å². The third kappa shape index (κ3) is 5.63. The summed E-state index contributed by atoms with van der Waals surface area (Å²) in [5.41, 5.74) is 1.10. The maximum atomic E-state index is 10.2. The van der Waals surface area contributed by atoms with E-state index in [-0.39, 0.29) is 6.61 Å². The van der Waals surface area contributed by atoms with Gasteiger partial charge in [-0.3, -0.25) is 4.84 Å². The maximum Gasteiger partial charge on any atom is 0.161 e. The predicted molar refractivity (Wildman–Crippen MR) is 93.2 cm³/mol. The zero-order valence-electron chi connectivity index (χ0n) is 15.2. The molecule has 24 heavy (non-hydrogen) atoms. The highest BCUT2D eigenvalue weighted by Gasteiger charge is 2.16. The summed E-state index contributed by atoms with van der Waals surface area (Å²) >= 11 is 0. The van der Waals surface area contributed by atoms with Crippen molar-refractivity contribution in [1.29, 1.82) is 0 Å². The number of aliphatic hydroxyl groups excluding tert-OH is 1. The molecule has 1 aromatic carbocycles. The molecule has 0 spiro atoms. The second kappa shape index (κ2) is 9.22. The van der Waals surface area contributed by atoms with Crippen molar-refractivity contribution < 1.29 is 19.4 Å². The van der Waals surface area contributed by atoms with Crippen LogP contribution < -0.4 is 9.47 Å². The third-order valence-electron chi connectivity index (χ3n) is 4.22. The molecule has 1 aromatic rings. The van der Waals surface area contributed by atoms with Crippen LogP contribution in [0.15, 0.2) is 18.2 Å². The highest BCUT2D eigenvalue weighted by Crippen LogP contribution is 2.29. The second-order valence-corrected chi connectivity index (χ2v) is 6.53. The normalized spacial score (nSPS) is 16.8. The van der Waals surface area contributed by atoms with Crippen LogP contribution in [0, 0.1) is 0 Å². The van der Waals surface area contributed by atoms with Gasteiger partial charge in [-0.05, 0) is 45.0 Å². The molecule has 1 heterocycles. The van der Waals surface area contributed by atoms with Gasteiger partial charge in [0.05, 0.1) is 13.7 Å². The Morgan fingerprint density at radius 2 is 2.12 bits per heavy atom. The number of hydrogen-bond acceptors (Lipinski definition) is 6. The molecule has 1 fully saturated rings. The number of methoxy groups -OCH3 is 1. The Morgan fingerprint density at radius 1 is 1.33 bits per heavy atom. The van der Waals surface area contributed by atoms with Crippen LogP contribution >= 0.6 is 0 Å². The molecular weight excluding hydrogens is 308 g/mol. The first-order valence-electron chi connectivity index (χ1n) is 8.55. The number of aliphatic hydroxyl groups is 1. The van der Waals surface area contributed by atoms with Crippen molar-refractivity contribution in [2.75, 3.05) is 40.5 Å². The molecule has 6 heteroatoms. The molecule has 136 valence electrons. The second-order valence-electron chi connectivity index (χ2n) is 6.53. The number of hydroxylamine groups is 2. The van der Waals surface area contributed by atoms with Crippen molar-refractivity contribution >= 4 is 0 Å². The fourth-order valence-electron chi connectivity index (χ4n) is 2.54. The smallest absolute Gasteiger partial charge is 0.161 e. The topological polar surface area (TPSA) is 54.4 Å². The summed E-state index contributed by atoms with van der Waals surface area (Å²) in [6.45, 7) is 7.45. The number of ether oxygens (including phenoxy) is 2. The molecule has 0 saturated carbocycles. The van der Waals surface area contributed by atoms with E-state index >= 15 is 0 Å². The van der Waals surface area contributed by atoms with Gasteiger partial charge < -0.3 is 19.5 Å². The number of likely N-dealkylation sites (N-methyl/N-ethyl adjacent to an activating group) is 1. The van der Waals surface area contributed by atoms with Crippen LogP contribution in [0.4, 0.5) is 0 Å². The third-order valence-corrected chi connectivity index (χ3v) is 4.22. The highest BCUT2D eigenvalue weighted by molar-refractivity contribution is 5.43. The lowest BCUT2D eigenvalue weighted by Gasteiger charge is -2.24. The summed E-state index contributed by atoms with van der Waals surface area (Å²) in [5, 5.41) is 12.1. The van der Waals surface area contributed by atoms with E-state index in [1.165, 1.54) is 0 Å². The van der Waals surface area contributed by atoms with Crippen molar-refractivity contribution in [2.45, 2.75) is 39.0 Å². The van der Waals surface area contributed by atoms with E-state index in [0.717, 1.165) is 31.7 Å². The fourth-order valence-corrected chi connectivity index (χ4v) is 2.54. The lowest BCUT2D eigenvalue weighted by molar-refractivity contribution is -0.117. The van der Waals surface area contributed by atoms with Crippen molar-refractivity contribution in [3.63, 3.8) is 0 Å². The van der Waals surface area contributed by atoms with Gasteiger partial charge in [-0.15, -0.1) is 0 Å². The van der Waals surface area contributed by atoms with Crippen LogP contribution in [0.25, 0.3) is 0 Å². The summed E-state index contributed by atoms with van der Waals surface area (Å²) in [5.74, 6) is 1.32. The van der Waals surface area contributed by atoms with Gasteiger partial charge in [-0.2, -0.15) is 5.06 Å². The van der Waals surface area contributed by atoms with Crippen LogP contribution in [-0.2, 0) is 11.4 Å². The van der Waals surface area contributed by atoms with Gasteiger partial charge in [-0.1, -0.05) is 6.07 Å². The minimum Gasteiger partial charge on any atom is -0.493 e. The highest BCUT2D eigenvalue weighted by atomic mass is 16.7. The zero-order chi connectivity index (χ0) is 17.5. The molecule has 0 aromatic heterocycles. The van der Waals surface area contributed by atoms with E-state index in [4.69, 9.17) is 14.3 Å². The van der Waals surface area contributed by atoms with Gasteiger partial charge in [0.15, 0.2) is 11.5 Å². The molecule has 2 rings (SSSR count). The summed E-state index contributed by atoms with van der Waals surface area (Å²) in [4.78, 5) is 7.62. The van der Waals surface area contributed by atoms with E-state index in [1.807, 2.05) is 30.3 Å². The molecule has 1 unspecified atom stereocenters. The fraction of sp³-hybridized carbons (Fsp3) is 0.667. The standard InChI is InChI=1S/C18H30N2O4/c1-14(2)19(3)12-16(21)13-23-18-10-15(6-7-17(18)22-4)11-20-8-5-9-24-20/h6-7,10,14,16,21H,5,8-9,11-13H2,1-4H3. The first-order chi connectivity index (χ1) is 11.5. The Bertz CT molecular complexity index is 504. The van der Waals surface area contributed by atoms with Gasteiger partial charge in [0, 0.05) is 25.7 Å². The van der Waals surface area contributed by atoms with Crippen LogP contribution in [0.1, 0.15) is 25.8 Å². The van der Waals surface area contributed by atoms with E-state index < -0.39 is 6.10 Å². The molecule has 1 N–H and O–H groups in total. The van der Waals surface area contributed by atoms with Gasteiger partial charge in [0.25, 0.3) is 0 Å². The average Bonchev–Trinajstić information content (AvgIpc) is 3.06. The summed E-state index contributed by atoms with van der Waals surface area (Å²) in [6.07, 6.45) is 0.516. The number of benzene rings is 1. The molecular formula is C18H30N2O4. The Balaban J connectivity index is 1.94. The van der Waals surface area contributed by atoms with E-state index in [1.54, 1.807) is 7.11 Å². The Morgan fingerprint density at radius 3 is 2.75 bits per heavy atom. The van der Waals surface area contributed by atoms with Crippen LogP contribution in [0.2, 0.25) is 0 Å². The number of nitrogens with zero attached hydrogens (tertiary/aromatic N) is 2. The first-order valence-corrected chi connectivity index (χ1v) is 8.55. The largest absolute Gasteiger partial charge is 0.493 e. The van der Waals surface area contributed by atoms with Gasteiger partial charge in [0.1, 0.15) is 12.7 Å². The number of rotatable bonds is 9. The molecule has 1 saturated heterocycles. The molecule has 1 aliphatic rings. The zero-order valence-corrected chi connectivity index (χ0v) is 15.2. The predicted octanol–water partition coefficient (Wildman–Crippen LogP) is 1.91. The molecule has 6 nitrogen and oxygen atoms in total. The SMILES string of the molecule is COc1ccc(CN2CCCO2)cc1OCC(O)CN(C)C(C)C. The monoisotopic (exact) mass is 338 g/mol. The maximum absolute atomic E-state index is 10.2. The Kier molecular flexibility index (Phi) is 7.30. The molecule has 1 atom stereocenters. The molecule has 0 radical (unpaired) electrons. The summed E-state index contributed by atoms with van der Waals surface area (Å²) < 4.78 is 11.2. The minimum atomic E-state index is -0.548. The van der Waals surface area contributed by atoms with E-state index in [2.05, 4.69) is 18.7 Å².